The first kappa shape index (κ1) is 14.4. The van der Waals surface area contributed by atoms with Crippen LogP contribution in [0.2, 0.25) is 0 Å². The fraction of sp³-hybridized carbons (Fsp3) is 0.0476. The van der Waals surface area contributed by atoms with Crippen LogP contribution in [0.1, 0.15) is 16.7 Å². The lowest BCUT2D eigenvalue weighted by molar-refractivity contribution is 0.843. The summed E-state index contributed by atoms with van der Waals surface area (Å²) in [5.74, 6) is 0. The van der Waals surface area contributed by atoms with E-state index in [9.17, 15) is 0 Å². The lowest BCUT2D eigenvalue weighted by Gasteiger charge is -2.10. The number of fused-ring (bicyclic) bond motifs is 1. The smallest absolute Gasteiger partial charge is 0.113 e. The molecule has 4 rings (SSSR count). The van der Waals surface area contributed by atoms with Crippen LogP contribution in [0.4, 0.5) is 0 Å². The molecule has 1 aromatic heterocycles. The largest absolute Gasteiger partial charge is 0.212 e. The zero-order valence-electron chi connectivity index (χ0n) is 13.4. The Kier molecular flexibility index (Phi) is 3.67. The Labute approximate surface area is 140 Å². The van der Waals surface area contributed by atoms with Crippen LogP contribution in [0.3, 0.4) is 0 Å². The van der Waals surface area contributed by atoms with Crippen LogP contribution in [-0.4, -0.2) is 15.0 Å². The molecule has 0 aliphatic carbocycles. The summed E-state index contributed by atoms with van der Waals surface area (Å²) in [7, 11) is 0. The van der Waals surface area contributed by atoms with E-state index in [0.717, 1.165) is 27.9 Å². The number of para-hydroxylation sites is 1. The molecule has 0 bridgehead atoms. The van der Waals surface area contributed by atoms with Crippen LogP contribution >= 0.6 is 0 Å². The van der Waals surface area contributed by atoms with Crippen molar-refractivity contribution in [3.05, 3.63) is 95.6 Å². The molecule has 0 atom stereocenters. The molecule has 24 heavy (non-hydrogen) atoms. The Balaban J connectivity index is 1.93. The first-order valence-electron chi connectivity index (χ1n) is 7.96. The van der Waals surface area contributed by atoms with Crippen LogP contribution < -0.4 is 0 Å². The monoisotopic (exact) mass is 311 g/mol. The molecule has 0 radical (unpaired) electrons. The molecule has 3 aromatic carbocycles. The Morgan fingerprint density at radius 3 is 2.33 bits per heavy atom. The second kappa shape index (κ2) is 6.13. The maximum atomic E-state index is 4.39. The van der Waals surface area contributed by atoms with Gasteiger partial charge in [-0.2, -0.15) is 0 Å². The number of benzene rings is 3. The second-order valence-corrected chi connectivity index (χ2v) is 5.80. The number of aryl methyl sites for hydroxylation is 1. The van der Waals surface area contributed by atoms with Gasteiger partial charge in [-0.1, -0.05) is 77.5 Å². The van der Waals surface area contributed by atoms with Gasteiger partial charge in [0.15, 0.2) is 0 Å². The molecule has 3 nitrogen and oxygen atoms in total. The maximum absolute atomic E-state index is 4.39. The fourth-order valence-corrected chi connectivity index (χ4v) is 2.75. The van der Waals surface area contributed by atoms with E-state index in [1.807, 2.05) is 47.1 Å². The molecule has 0 amide bonds. The number of hydrogen-bond donors (Lipinski definition) is 0. The standard InChI is InChI=1S/C21H17N3/c1-16-11-13-18(14-12-16)21(15-17-7-3-2-4-8-17)24-20-10-6-5-9-19(20)22-23-24/h2-15H,1H3. The van der Waals surface area contributed by atoms with Crippen molar-refractivity contribution in [1.29, 1.82) is 0 Å². The van der Waals surface area contributed by atoms with Crippen molar-refractivity contribution in [1.82, 2.24) is 15.0 Å². The number of aromatic nitrogens is 3. The van der Waals surface area contributed by atoms with Gasteiger partial charge in [-0.3, -0.25) is 0 Å². The summed E-state index contributed by atoms with van der Waals surface area (Å²) in [6.45, 7) is 2.09. The maximum Gasteiger partial charge on any atom is 0.113 e. The summed E-state index contributed by atoms with van der Waals surface area (Å²) in [5, 5.41) is 8.69. The van der Waals surface area contributed by atoms with Gasteiger partial charge in [0.2, 0.25) is 0 Å². The fourth-order valence-electron chi connectivity index (χ4n) is 2.75. The highest BCUT2D eigenvalue weighted by Crippen LogP contribution is 2.24. The SMILES string of the molecule is Cc1ccc(C(=Cc2ccccc2)n2nnc3ccccc32)cc1. The van der Waals surface area contributed by atoms with Gasteiger partial charge >= 0.3 is 0 Å². The Morgan fingerprint density at radius 2 is 1.54 bits per heavy atom. The minimum Gasteiger partial charge on any atom is -0.212 e. The summed E-state index contributed by atoms with van der Waals surface area (Å²) >= 11 is 0. The van der Waals surface area contributed by atoms with E-state index in [4.69, 9.17) is 0 Å². The molecule has 0 N–H and O–H groups in total. The highest BCUT2D eigenvalue weighted by molar-refractivity contribution is 5.87. The predicted octanol–water partition coefficient (Wildman–Crippen LogP) is 4.79. The van der Waals surface area contributed by atoms with Crippen molar-refractivity contribution in [2.75, 3.05) is 0 Å². The molecule has 0 saturated heterocycles. The van der Waals surface area contributed by atoms with Crippen LogP contribution in [0.15, 0.2) is 78.9 Å². The zero-order valence-corrected chi connectivity index (χ0v) is 13.4. The molecule has 0 aliphatic rings. The van der Waals surface area contributed by atoms with Crippen LogP contribution in [0.25, 0.3) is 22.8 Å². The van der Waals surface area contributed by atoms with Crippen molar-refractivity contribution in [3.63, 3.8) is 0 Å². The number of nitrogens with zero attached hydrogens (tertiary/aromatic N) is 3. The Hall–Kier alpha value is -3.20. The van der Waals surface area contributed by atoms with Gasteiger partial charge in [0.05, 0.1) is 11.2 Å². The predicted molar refractivity (Wildman–Crippen MR) is 98.4 cm³/mol. The van der Waals surface area contributed by atoms with E-state index in [2.05, 4.69) is 59.7 Å². The number of rotatable bonds is 3. The average molecular weight is 311 g/mol. The summed E-state index contributed by atoms with van der Waals surface area (Å²) in [6, 6.07) is 26.8. The van der Waals surface area contributed by atoms with E-state index < -0.39 is 0 Å². The van der Waals surface area contributed by atoms with Gasteiger partial charge in [-0.15, -0.1) is 5.10 Å². The van der Waals surface area contributed by atoms with Crippen LogP contribution in [-0.2, 0) is 0 Å². The molecule has 0 aliphatic heterocycles. The van der Waals surface area contributed by atoms with Crippen molar-refractivity contribution in [3.8, 4) is 0 Å². The molecule has 3 heteroatoms. The third-order valence-electron chi connectivity index (χ3n) is 4.03. The van der Waals surface area contributed by atoms with Crippen molar-refractivity contribution in [2.24, 2.45) is 0 Å². The van der Waals surface area contributed by atoms with E-state index in [0.29, 0.717) is 0 Å². The van der Waals surface area contributed by atoms with E-state index in [1.165, 1.54) is 5.56 Å². The normalized spacial score (nSPS) is 11.8. The van der Waals surface area contributed by atoms with Gasteiger partial charge in [0, 0.05) is 5.56 Å². The Bertz CT molecular complexity index is 996. The van der Waals surface area contributed by atoms with Crippen LogP contribution in [0, 0.1) is 6.92 Å². The lowest BCUT2D eigenvalue weighted by Crippen LogP contribution is -2.01. The van der Waals surface area contributed by atoms with Crippen molar-refractivity contribution < 1.29 is 0 Å². The van der Waals surface area contributed by atoms with Gasteiger partial charge in [-0.05, 0) is 30.7 Å². The van der Waals surface area contributed by atoms with E-state index in [-0.39, 0.29) is 0 Å². The molecular formula is C21H17N3. The first-order chi connectivity index (χ1) is 11.8. The van der Waals surface area contributed by atoms with Gasteiger partial charge < -0.3 is 0 Å². The highest BCUT2D eigenvalue weighted by Gasteiger charge is 2.11. The van der Waals surface area contributed by atoms with Gasteiger partial charge in [-0.25, -0.2) is 4.68 Å². The Morgan fingerprint density at radius 1 is 0.833 bits per heavy atom. The van der Waals surface area contributed by atoms with Crippen LogP contribution in [0.5, 0.6) is 0 Å². The van der Waals surface area contributed by atoms with E-state index in [1.54, 1.807) is 0 Å². The molecule has 1 heterocycles. The number of hydrogen-bond acceptors (Lipinski definition) is 2. The second-order valence-electron chi connectivity index (χ2n) is 5.80. The van der Waals surface area contributed by atoms with Crippen molar-refractivity contribution in [2.45, 2.75) is 6.92 Å². The molecule has 0 unspecified atom stereocenters. The summed E-state index contributed by atoms with van der Waals surface area (Å²) in [5.41, 5.74) is 6.38. The first-order valence-corrected chi connectivity index (χ1v) is 7.96. The topological polar surface area (TPSA) is 30.7 Å². The third-order valence-corrected chi connectivity index (χ3v) is 4.03. The minimum atomic E-state index is 0.892. The molecule has 0 fully saturated rings. The lowest BCUT2D eigenvalue weighted by atomic mass is 10.1. The quantitative estimate of drug-likeness (QED) is 0.509. The summed E-state index contributed by atoms with van der Waals surface area (Å²) < 4.78 is 1.91. The van der Waals surface area contributed by atoms with Crippen molar-refractivity contribution >= 4 is 22.8 Å². The third kappa shape index (κ3) is 2.72. The summed E-state index contributed by atoms with van der Waals surface area (Å²) in [6.07, 6.45) is 2.14. The molecule has 116 valence electrons. The average Bonchev–Trinajstić information content (AvgIpc) is 3.05. The minimum absolute atomic E-state index is 0.892. The van der Waals surface area contributed by atoms with E-state index >= 15 is 0 Å². The summed E-state index contributed by atoms with van der Waals surface area (Å²) in [4.78, 5) is 0. The molecule has 0 saturated carbocycles. The molecule has 4 aromatic rings. The molecular weight excluding hydrogens is 294 g/mol. The zero-order chi connectivity index (χ0) is 16.4. The highest BCUT2D eigenvalue weighted by atomic mass is 15.4. The van der Waals surface area contributed by atoms with Gasteiger partial charge in [0.25, 0.3) is 0 Å². The van der Waals surface area contributed by atoms with Gasteiger partial charge in [0.1, 0.15) is 5.52 Å². The molecule has 0 spiro atoms.